The number of allylic oxidation sites excluding steroid dienone is 3. The molecular weight excluding hydrogens is 220 g/mol. The Labute approximate surface area is 91.5 Å². The van der Waals surface area contributed by atoms with Crippen LogP contribution < -0.4 is 0 Å². The number of halogens is 1. The normalized spacial score (nSPS) is 15.1. The molecule has 0 unspecified atom stereocenters. The lowest BCUT2D eigenvalue weighted by Gasteiger charge is -2.06. The van der Waals surface area contributed by atoms with Crippen molar-refractivity contribution in [1.29, 1.82) is 0 Å². The van der Waals surface area contributed by atoms with Gasteiger partial charge in [-0.3, -0.25) is 14.4 Å². The molecule has 0 radical (unpaired) electrons. The lowest BCUT2D eigenvalue weighted by molar-refractivity contribution is -0.140. The molecule has 5 heteroatoms. The summed E-state index contributed by atoms with van der Waals surface area (Å²) in [5.74, 6) is -1.21. The van der Waals surface area contributed by atoms with Crippen LogP contribution in [-0.4, -0.2) is 30.0 Å². The molecular formula is C10H9ClO4. The fraction of sp³-hybridized carbons (Fsp3) is 0.300. The molecule has 0 bridgehead atoms. The van der Waals surface area contributed by atoms with E-state index in [9.17, 15) is 14.4 Å². The van der Waals surface area contributed by atoms with E-state index in [1.54, 1.807) is 0 Å². The van der Waals surface area contributed by atoms with Crippen LogP contribution in [0.2, 0.25) is 0 Å². The highest BCUT2D eigenvalue weighted by atomic mass is 35.5. The number of alkyl halides is 1. The summed E-state index contributed by atoms with van der Waals surface area (Å²) >= 11 is 5.20. The van der Waals surface area contributed by atoms with E-state index < -0.39 is 5.97 Å². The fourth-order valence-electron chi connectivity index (χ4n) is 1.06. The average Bonchev–Trinajstić information content (AvgIpc) is 2.23. The smallest absolute Gasteiger partial charge is 0.320 e. The van der Waals surface area contributed by atoms with Crippen LogP contribution in [0.15, 0.2) is 23.8 Å². The monoisotopic (exact) mass is 228 g/mol. The van der Waals surface area contributed by atoms with Gasteiger partial charge in [-0.1, -0.05) is 0 Å². The number of hydrogen-bond donors (Lipinski definition) is 0. The highest BCUT2D eigenvalue weighted by Gasteiger charge is 2.13. The van der Waals surface area contributed by atoms with Gasteiger partial charge in [0.2, 0.25) is 0 Å². The van der Waals surface area contributed by atoms with Gasteiger partial charge in [-0.2, -0.15) is 0 Å². The van der Waals surface area contributed by atoms with Gasteiger partial charge in [0.25, 0.3) is 0 Å². The van der Waals surface area contributed by atoms with E-state index in [1.807, 2.05) is 0 Å². The van der Waals surface area contributed by atoms with Gasteiger partial charge in [0.05, 0.1) is 6.61 Å². The van der Waals surface area contributed by atoms with Gasteiger partial charge in [-0.25, -0.2) is 0 Å². The van der Waals surface area contributed by atoms with Crippen molar-refractivity contribution in [3.8, 4) is 0 Å². The number of ether oxygens (including phenoxy) is 1. The number of carbonyl (C=O) groups excluding carboxylic acids is 3. The molecule has 0 atom stereocenters. The number of esters is 1. The number of hydrogen-bond acceptors (Lipinski definition) is 4. The maximum absolute atomic E-state index is 11.2. The summed E-state index contributed by atoms with van der Waals surface area (Å²) in [5.41, 5.74) is 0.352. The molecule has 15 heavy (non-hydrogen) atoms. The lowest BCUT2D eigenvalue weighted by atomic mass is 10.0. The third-order valence-corrected chi connectivity index (χ3v) is 1.99. The zero-order valence-corrected chi connectivity index (χ0v) is 8.62. The second kappa shape index (κ2) is 5.46. The summed E-state index contributed by atoms with van der Waals surface area (Å²) in [7, 11) is 0. The molecule has 0 heterocycles. The predicted molar refractivity (Wildman–Crippen MR) is 53.5 cm³/mol. The van der Waals surface area contributed by atoms with Gasteiger partial charge < -0.3 is 4.74 Å². The highest BCUT2D eigenvalue weighted by molar-refractivity contribution is 6.26. The molecule has 1 aliphatic rings. The van der Waals surface area contributed by atoms with Gasteiger partial charge in [-0.15, -0.1) is 11.6 Å². The van der Waals surface area contributed by atoms with Gasteiger partial charge >= 0.3 is 5.97 Å². The Morgan fingerprint density at radius 1 is 1.33 bits per heavy atom. The van der Waals surface area contributed by atoms with Crippen molar-refractivity contribution in [3.05, 3.63) is 23.8 Å². The minimum atomic E-state index is -0.539. The SMILES string of the molecule is O=C1C=CC(=O)C(CCOC(=O)CCl)=C1. The second-order valence-corrected chi connectivity index (χ2v) is 3.14. The largest absolute Gasteiger partial charge is 0.464 e. The summed E-state index contributed by atoms with van der Waals surface area (Å²) in [6.07, 6.45) is 3.89. The first-order valence-corrected chi connectivity index (χ1v) is 4.85. The van der Waals surface area contributed by atoms with Crippen molar-refractivity contribution in [2.75, 3.05) is 12.5 Å². The van der Waals surface area contributed by atoms with Crippen molar-refractivity contribution in [1.82, 2.24) is 0 Å². The molecule has 0 saturated carbocycles. The molecule has 0 amide bonds. The molecule has 80 valence electrons. The van der Waals surface area contributed by atoms with Crippen molar-refractivity contribution >= 4 is 29.1 Å². The molecule has 1 rings (SSSR count). The summed E-state index contributed by atoms with van der Waals surface area (Å²) < 4.78 is 4.68. The molecule has 0 aromatic rings. The Morgan fingerprint density at radius 3 is 2.73 bits per heavy atom. The van der Waals surface area contributed by atoms with E-state index >= 15 is 0 Å². The molecule has 0 fully saturated rings. The Hall–Kier alpha value is -1.42. The third kappa shape index (κ3) is 3.67. The first kappa shape index (κ1) is 11.7. The van der Waals surface area contributed by atoms with E-state index in [4.69, 9.17) is 11.6 Å². The molecule has 0 aromatic carbocycles. The Morgan fingerprint density at radius 2 is 2.07 bits per heavy atom. The van der Waals surface area contributed by atoms with Gasteiger partial charge in [-0.05, 0) is 18.2 Å². The molecule has 0 spiro atoms. The van der Waals surface area contributed by atoms with E-state index in [0.29, 0.717) is 5.57 Å². The standard InChI is InChI=1S/C10H9ClO4/c11-6-10(14)15-4-3-7-5-8(12)1-2-9(7)13/h1-2,5H,3-4,6H2. The van der Waals surface area contributed by atoms with Crippen LogP contribution in [0.4, 0.5) is 0 Å². The van der Waals surface area contributed by atoms with E-state index in [1.165, 1.54) is 18.2 Å². The molecule has 0 aromatic heterocycles. The van der Waals surface area contributed by atoms with E-state index in [0.717, 1.165) is 0 Å². The molecule has 0 aliphatic heterocycles. The predicted octanol–water partition coefficient (Wildman–Crippen LogP) is 0.793. The average molecular weight is 229 g/mol. The lowest BCUT2D eigenvalue weighted by Crippen LogP contribution is -2.12. The molecule has 1 aliphatic carbocycles. The first-order valence-electron chi connectivity index (χ1n) is 4.32. The van der Waals surface area contributed by atoms with Crippen molar-refractivity contribution in [2.45, 2.75) is 6.42 Å². The fourth-order valence-corrected chi connectivity index (χ4v) is 1.14. The van der Waals surface area contributed by atoms with Crippen molar-refractivity contribution in [2.24, 2.45) is 0 Å². The minimum absolute atomic E-state index is 0.0598. The van der Waals surface area contributed by atoms with E-state index in [2.05, 4.69) is 4.74 Å². The molecule has 0 N–H and O–H groups in total. The van der Waals surface area contributed by atoms with Crippen LogP contribution in [0, 0.1) is 0 Å². The quantitative estimate of drug-likeness (QED) is 0.406. The molecule has 0 saturated heterocycles. The van der Waals surface area contributed by atoms with E-state index in [-0.39, 0.29) is 30.5 Å². The topological polar surface area (TPSA) is 60.4 Å². The third-order valence-electron chi connectivity index (χ3n) is 1.78. The number of rotatable bonds is 4. The van der Waals surface area contributed by atoms with Crippen LogP contribution in [0.25, 0.3) is 0 Å². The highest BCUT2D eigenvalue weighted by Crippen LogP contribution is 2.09. The first-order chi connectivity index (χ1) is 7.13. The number of ketones is 2. The summed E-state index contributed by atoms with van der Waals surface area (Å²) in [6.45, 7) is 0.0598. The Bertz CT molecular complexity index is 354. The summed E-state index contributed by atoms with van der Waals surface area (Å²) in [5, 5.41) is 0. The Kier molecular flexibility index (Phi) is 4.24. The van der Waals surface area contributed by atoms with Gasteiger partial charge in [0.1, 0.15) is 5.88 Å². The van der Waals surface area contributed by atoms with Gasteiger partial charge in [0, 0.05) is 12.0 Å². The maximum atomic E-state index is 11.2. The van der Waals surface area contributed by atoms with Crippen LogP contribution in [0.1, 0.15) is 6.42 Å². The summed E-state index contributed by atoms with van der Waals surface area (Å²) in [4.78, 5) is 32.8. The second-order valence-electron chi connectivity index (χ2n) is 2.87. The van der Waals surface area contributed by atoms with Gasteiger partial charge in [0.15, 0.2) is 11.6 Å². The van der Waals surface area contributed by atoms with Crippen molar-refractivity contribution < 1.29 is 19.1 Å². The summed E-state index contributed by atoms with van der Waals surface area (Å²) in [6, 6.07) is 0. The zero-order chi connectivity index (χ0) is 11.3. The van der Waals surface area contributed by atoms with Crippen LogP contribution in [0.3, 0.4) is 0 Å². The molecule has 4 nitrogen and oxygen atoms in total. The van der Waals surface area contributed by atoms with Crippen LogP contribution >= 0.6 is 11.6 Å². The van der Waals surface area contributed by atoms with Crippen molar-refractivity contribution in [3.63, 3.8) is 0 Å². The minimum Gasteiger partial charge on any atom is -0.464 e. The Balaban J connectivity index is 2.42. The van der Waals surface area contributed by atoms with Crippen LogP contribution in [0.5, 0.6) is 0 Å². The number of carbonyl (C=O) groups is 3. The maximum Gasteiger partial charge on any atom is 0.320 e. The van der Waals surface area contributed by atoms with Crippen LogP contribution in [-0.2, 0) is 19.1 Å². The zero-order valence-electron chi connectivity index (χ0n) is 7.86.